The van der Waals surface area contributed by atoms with E-state index in [1.165, 1.54) is 6.92 Å². The van der Waals surface area contributed by atoms with Gasteiger partial charge in [-0.25, -0.2) is 0 Å². The Morgan fingerprint density at radius 1 is 1.60 bits per heavy atom. The van der Waals surface area contributed by atoms with Crippen molar-refractivity contribution < 1.29 is 9.72 Å². The van der Waals surface area contributed by atoms with Crippen molar-refractivity contribution in [2.45, 2.75) is 19.9 Å². The second-order valence-electron chi connectivity index (χ2n) is 1.98. The summed E-state index contributed by atoms with van der Waals surface area (Å²) >= 11 is 0. The van der Waals surface area contributed by atoms with E-state index in [0.29, 0.717) is 0 Å². The van der Waals surface area contributed by atoms with Gasteiger partial charge in [0.15, 0.2) is 0 Å². The van der Waals surface area contributed by atoms with Gasteiger partial charge in [-0.3, -0.25) is 14.9 Å². The highest BCUT2D eigenvalue weighted by Crippen LogP contribution is 1.93. The molecule has 0 aromatic rings. The van der Waals surface area contributed by atoms with Crippen LogP contribution in [0.15, 0.2) is 0 Å². The highest BCUT2D eigenvalue weighted by atomic mass is 16.6. The van der Waals surface area contributed by atoms with Crippen molar-refractivity contribution in [2.24, 2.45) is 0 Å². The van der Waals surface area contributed by atoms with Crippen LogP contribution in [0.4, 0.5) is 0 Å². The summed E-state index contributed by atoms with van der Waals surface area (Å²) in [5.41, 5.74) is -0.225. The predicted octanol–water partition coefficient (Wildman–Crippen LogP) is 0.260. The van der Waals surface area contributed by atoms with Gasteiger partial charge in [0.25, 0.3) is 0 Å². The fourth-order valence-corrected chi connectivity index (χ4v) is 0.611. The molecule has 1 N–H and O–H groups in total. The lowest BCUT2D eigenvalue weighted by atomic mass is 10.1. The van der Waals surface area contributed by atoms with Gasteiger partial charge in [-0.1, -0.05) is 0 Å². The molecule has 0 aliphatic heterocycles. The zero-order valence-electron chi connectivity index (χ0n) is 5.75. The van der Waals surface area contributed by atoms with Crippen LogP contribution in [0.25, 0.3) is 0 Å². The fourth-order valence-electron chi connectivity index (χ4n) is 0.611. The maximum atomic E-state index is 10.4. The van der Waals surface area contributed by atoms with Gasteiger partial charge in [-0.05, 0) is 6.92 Å². The van der Waals surface area contributed by atoms with Gasteiger partial charge >= 0.3 is 6.04 Å². The minimum Gasteiger partial charge on any atom is -0.302 e. The van der Waals surface area contributed by atoms with Crippen LogP contribution in [0.1, 0.15) is 13.8 Å². The van der Waals surface area contributed by atoms with Crippen molar-refractivity contribution in [3.63, 3.8) is 0 Å². The van der Waals surface area contributed by atoms with Gasteiger partial charge in [0.1, 0.15) is 0 Å². The fraction of sp³-hybridized carbons (Fsp3) is 0.600. The van der Waals surface area contributed by atoms with E-state index in [0.717, 1.165) is 6.92 Å². The van der Waals surface area contributed by atoms with Crippen LogP contribution < -0.4 is 0 Å². The van der Waals surface area contributed by atoms with E-state index in [4.69, 9.17) is 5.41 Å². The summed E-state index contributed by atoms with van der Waals surface area (Å²) in [6.45, 7) is 2.35. The summed E-state index contributed by atoms with van der Waals surface area (Å²) in [6.07, 6.45) is 0. The summed E-state index contributed by atoms with van der Waals surface area (Å²) in [5, 5.41) is 16.9. The molecule has 0 aromatic carbocycles. The molecule has 0 rings (SSSR count). The zero-order chi connectivity index (χ0) is 8.31. The lowest BCUT2D eigenvalue weighted by molar-refractivity contribution is -0.488. The number of hydrogen-bond acceptors (Lipinski definition) is 4. The van der Waals surface area contributed by atoms with Crippen LogP contribution in [0.3, 0.4) is 0 Å². The van der Waals surface area contributed by atoms with Crippen LogP contribution >= 0.6 is 0 Å². The molecule has 0 spiro atoms. The number of carbonyl (C=O) groups excluding carboxylic acids is 1. The largest absolute Gasteiger partial charge is 0.306 e. The van der Waals surface area contributed by atoms with Gasteiger partial charge in [0.2, 0.25) is 5.78 Å². The van der Waals surface area contributed by atoms with Crippen molar-refractivity contribution in [3.8, 4) is 0 Å². The quantitative estimate of drug-likeness (QED) is 0.350. The SMILES string of the molecule is CC(=N)C(C(C)=O)[N+](=O)[O-]. The van der Waals surface area contributed by atoms with Crippen LogP contribution in [-0.2, 0) is 4.79 Å². The number of hydrogen-bond donors (Lipinski definition) is 1. The first kappa shape index (κ1) is 8.74. The molecule has 0 aliphatic carbocycles. The molecule has 0 aliphatic rings. The van der Waals surface area contributed by atoms with E-state index in [1.807, 2.05) is 0 Å². The molecule has 1 atom stereocenters. The van der Waals surface area contributed by atoms with E-state index in [2.05, 4.69) is 0 Å². The average molecular weight is 144 g/mol. The number of carbonyl (C=O) groups is 1. The second-order valence-corrected chi connectivity index (χ2v) is 1.98. The molecule has 0 fully saturated rings. The van der Waals surface area contributed by atoms with Crippen LogP contribution in [0.5, 0.6) is 0 Å². The van der Waals surface area contributed by atoms with E-state index in [1.54, 1.807) is 0 Å². The molecule has 0 saturated carbocycles. The maximum absolute atomic E-state index is 10.4. The first-order valence-electron chi connectivity index (χ1n) is 2.65. The average Bonchev–Trinajstić information content (AvgIpc) is 1.59. The third-order valence-corrected chi connectivity index (χ3v) is 1.01. The minimum atomic E-state index is -1.44. The Labute approximate surface area is 57.7 Å². The number of Topliss-reactive ketones (excluding diaryl/α,β-unsaturated/α-hetero) is 1. The zero-order valence-corrected chi connectivity index (χ0v) is 5.75. The molecule has 10 heavy (non-hydrogen) atoms. The molecule has 5 nitrogen and oxygen atoms in total. The summed E-state index contributed by atoms with van der Waals surface area (Å²) in [4.78, 5) is 19.7. The van der Waals surface area contributed by atoms with Crippen LogP contribution in [0, 0.1) is 15.5 Å². The van der Waals surface area contributed by atoms with Crippen molar-refractivity contribution in [1.82, 2.24) is 0 Å². The Kier molecular flexibility index (Phi) is 2.66. The Balaban J connectivity index is 4.43. The van der Waals surface area contributed by atoms with E-state index >= 15 is 0 Å². The van der Waals surface area contributed by atoms with Crippen molar-refractivity contribution in [2.75, 3.05) is 0 Å². The van der Waals surface area contributed by atoms with Crippen molar-refractivity contribution in [3.05, 3.63) is 10.1 Å². The first-order valence-corrected chi connectivity index (χ1v) is 2.65. The van der Waals surface area contributed by atoms with Crippen molar-refractivity contribution in [1.29, 1.82) is 5.41 Å². The minimum absolute atomic E-state index is 0.225. The van der Waals surface area contributed by atoms with Gasteiger partial charge in [-0.2, -0.15) is 0 Å². The molecule has 0 radical (unpaired) electrons. The lowest BCUT2D eigenvalue weighted by Gasteiger charge is -2.01. The molecule has 0 bridgehead atoms. The van der Waals surface area contributed by atoms with Gasteiger partial charge in [-0.15, -0.1) is 0 Å². The monoisotopic (exact) mass is 144 g/mol. The number of nitrogens with one attached hydrogen (secondary N) is 1. The van der Waals surface area contributed by atoms with Gasteiger partial charge in [0.05, 0.1) is 5.71 Å². The number of nitro groups is 1. The number of ketones is 1. The van der Waals surface area contributed by atoms with E-state index in [9.17, 15) is 14.9 Å². The topological polar surface area (TPSA) is 84.1 Å². The summed E-state index contributed by atoms with van der Waals surface area (Å²) < 4.78 is 0. The molecular weight excluding hydrogens is 136 g/mol. The number of nitrogens with zero attached hydrogens (tertiary/aromatic N) is 1. The molecule has 0 amide bonds. The van der Waals surface area contributed by atoms with E-state index < -0.39 is 16.7 Å². The lowest BCUT2D eigenvalue weighted by Crippen LogP contribution is -2.33. The number of rotatable bonds is 3. The molecule has 0 saturated heterocycles. The molecule has 56 valence electrons. The first-order chi connectivity index (χ1) is 4.46. The standard InChI is InChI=1S/C5H8N2O3/c1-3(6)5(4(2)8)7(9)10/h5-6H,1-2H3. The van der Waals surface area contributed by atoms with Crippen LogP contribution in [-0.4, -0.2) is 22.5 Å². The molecule has 5 heteroatoms. The molecule has 1 unspecified atom stereocenters. The predicted molar refractivity (Wildman–Crippen MR) is 34.9 cm³/mol. The Morgan fingerprint density at radius 3 is 2.00 bits per heavy atom. The molecular formula is C5H8N2O3. The second kappa shape index (κ2) is 3.05. The summed E-state index contributed by atoms with van der Waals surface area (Å²) in [6, 6.07) is -1.44. The van der Waals surface area contributed by atoms with E-state index in [-0.39, 0.29) is 5.71 Å². The summed E-state index contributed by atoms with van der Waals surface area (Å²) in [5.74, 6) is -0.600. The molecule has 0 heterocycles. The molecule has 0 aromatic heterocycles. The Morgan fingerprint density at radius 2 is 2.00 bits per heavy atom. The Hall–Kier alpha value is -1.26. The highest BCUT2D eigenvalue weighted by molar-refractivity contribution is 6.04. The van der Waals surface area contributed by atoms with Crippen LogP contribution in [0.2, 0.25) is 0 Å². The van der Waals surface area contributed by atoms with Gasteiger partial charge in [0, 0.05) is 11.8 Å². The normalized spacial score (nSPS) is 12.2. The smallest absolute Gasteiger partial charge is 0.302 e. The highest BCUT2D eigenvalue weighted by Gasteiger charge is 2.27. The third kappa shape index (κ3) is 1.93. The van der Waals surface area contributed by atoms with Crippen molar-refractivity contribution >= 4 is 11.5 Å². The third-order valence-electron chi connectivity index (χ3n) is 1.01. The summed E-state index contributed by atoms with van der Waals surface area (Å²) in [7, 11) is 0. The maximum Gasteiger partial charge on any atom is 0.306 e. The Bertz CT molecular complexity index is 154. The van der Waals surface area contributed by atoms with Gasteiger partial charge < -0.3 is 5.41 Å².